The molecule has 2 fully saturated rings. The van der Waals surface area contributed by atoms with E-state index in [9.17, 15) is 0 Å². The summed E-state index contributed by atoms with van der Waals surface area (Å²) in [5.41, 5.74) is 2.34. The van der Waals surface area contributed by atoms with Crippen molar-refractivity contribution in [1.82, 2.24) is 9.97 Å². The van der Waals surface area contributed by atoms with Crippen molar-refractivity contribution in [3.8, 4) is 17.1 Å². The van der Waals surface area contributed by atoms with E-state index in [0.717, 1.165) is 47.9 Å². The van der Waals surface area contributed by atoms with Crippen molar-refractivity contribution in [2.45, 2.75) is 123 Å². The van der Waals surface area contributed by atoms with Crippen molar-refractivity contribution in [2.24, 2.45) is 23.7 Å². The van der Waals surface area contributed by atoms with Crippen LogP contribution in [0, 0.1) is 23.7 Å². The molecule has 4 rings (SSSR count). The van der Waals surface area contributed by atoms with Gasteiger partial charge in [-0.05, 0) is 79.2 Å². The Morgan fingerprint density at radius 3 is 1.78 bits per heavy atom. The highest BCUT2D eigenvalue weighted by atomic mass is 16.5. The molecule has 1 aromatic carbocycles. The molecule has 0 saturated heterocycles. The molecule has 2 saturated carbocycles. The van der Waals surface area contributed by atoms with Gasteiger partial charge in [-0.3, -0.25) is 0 Å². The van der Waals surface area contributed by atoms with Gasteiger partial charge in [0.25, 0.3) is 0 Å². The molecule has 0 radical (unpaired) electrons. The summed E-state index contributed by atoms with van der Waals surface area (Å²) in [5, 5.41) is 0. The third-order valence-corrected chi connectivity index (χ3v) is 9.26. The van der Waals surface area contributed by atoms with Crippen molar-refractivity contribution in [3.63, 3.8) is 0 Å². The fourth-order valence-electron chi connectivity index (χ4n) is 6.59. The van der Waals surface area contributed by atoms with E-state index in [0.29, 0.717) is 5.92 Å². The van der Waals surface area contributed by atoms with E-state index in [1.165, 1.54) is 108 Å². The summed E-state index contributed by atoms with van der Waals surface area (Å²) in [7, 11) is 0. The maximum absolute atomic E-state index is 6.16. The number of hydrogen-bond donors (Lipinski definition) is 0. The van der Waals surface area contributed by atoms with Crippen molar-refractivity contribution < 1.29 is 4.74 Å². The standard InChI is InChI=1S/C34H52N2O/c1-3-5-7-9-28-14-17-30(18-15-28)26-37-33-22-20-32(21-23-33)34-35-24-31(25-36-34)19-16-29-12-10-27(11-13-29)8-6-4-2/h20-25,27-30H,3-19,26H2,1-2H3/t27-,28-,29-,30-. The second-order valence-corrected chi connectivity index (χ2v) is 12.2. The monoisotopic (exact) mass is 504 g/mol. The normalized spacial score (nSPS) is 24.2. The van der Waals surface area contributed by atoms with Gasteiger partial charge < -0.3 is 4.74 Å². The lowest BCUT2D eigenvalue weighted by atomic mass is 9.78. The largest absolute Gasteiger partial charge is 0.493 e. The number of hydrogen-bond acceptors (Lipinski definition) is 3. The van der Waals surface area contributed by atoms with Crippen LogP contribution >= 0.6 is 0 Å². The van der Waals surface area contributed by atoms with Crippen molar-refractivity contribution in [1.29, 1.82) is 0 Å². The predicted octanol–water partition coefficient (Wildman–Crippen LogP) is 9.84. The minimum atomic E-state index is 0.717. The number of rotatable bonds is 14. The number of nitrogens with zero attached hydrogens (tertiary/aromatic N) is 2. The van der Waals surface area contributed by atoms with E-state index in [-0.39, 0.29) is 0 Å². The molecule has 204 valence electrons. The van der Waals surface area contributed by atoms with E-state index in [1.807, 2.05) is 12.4 Å². The van der Waals surface area contributed by atoms with Crippen LogP contribution in [0.15, 0.2) is 36.7 Å². The second-order valence-electron chi connectivity index (χ2n) is 12.2. The van der Waals surface area contributed by atoms with E-state index in [1.54, 1.807) is 0 Å². The van der Waals surface area contributed by atoms with Gasteiger partial charge in [0, 0.05) is 18.0 Å². The predicted molar refractivity (Wildman–Crippen MR) is 156 cm³/mol. The van der Waals surface area contributed by atoms with Crippen LogP contribution in [0.1, 0.15) is 122 Å². The first-order chi connectivity index (χ1) is 18.2. The van der Waals surface area contributed by atoms with E-state index >= 15 is 0 Å². The fraction of sp³-hybridized carbons (Fsp3) is 0.706. The van der Waals surface area contributed by atoms with Gasteiger partial charge >= 0.3 is 0 Å². The van der Waals surface area contributed by atoms with E-state index in [4.69, 9.17) is 4.74 Å². The van der Waals surface area contributed by atoms with Gasteiger partial charge in [-0.1, -0.05) is 97.3 Å². The Kier molecular flexibility index (Phi) is 11.8. The highest BCUT2D eigenvalue weighted by molar-refractivity contribution is 5.55. The van der Waals surface area contributed by atoms with Gasteiger partial charge in [0.1, 0.15) is 5.75 Å². The molecule has 0 amide bonds. The molecular weight excluding hydrogens is 452 g/mol. The number of benzene rings is 1. The Hall–Kier alpha value is -1.90. The van der Waals surface area contributed by atoms with Crippen LogP contribution in [-0.2, 0) is 6.42 Å². The number of unbranched alkanes of at least 4 members (excludes halogenated alkanes) is 3. The van der Waals surface area contributed by atoms with Crippen LogP contribution in [0.4, 0.5) is 0 Å². The molecular formula is C34H52N2O. The number of aryl methyl sites for hydroxylation is 1. The van der Waals surface area contributed by atoms with Gasteiger partial charge in [0.05, 0.1) is 6.61 Å². The smallest absolute Gasteiger partial charge is 0.159 e. The van der Waals surface area contributed by atoms with Gasteiger partial charge in [0.2, 0.25) is 0 Å². The summed E-state index contributed by atoms with van der Waals surface area (Å²) < 4.78 is 6.16. The van der Waals surface area contributed by atoms with Crippen LogP contribution < -0.4 is 4.74 Å². The zero-order valence-corrected chi connectivity index (χ0v) is 23.8. The van der Waals surface area contributed by atoms with Crippen LogP contribution in [-0.4, -0.2) is 16.6 Å². The number of aromatic nitrogens is 2. The molecule has 0 aliphatic heterocycles. The summed E-state index contributed by atoms with van der Waals surface area (Å²) in [6.07, 6.45) is 27.4. The second kappa shape index (κ2) is 15.5. The first-order valence-corrected chi connectivity index (χ1v) is 15.8. The van der Waals surface area contributed by atoms with E-state index in [2.05, 4.69) is 48.1 Å². The first kappa shape index (κ1) is 28.1. The molecule has 1 heterocycles. The maximum Gasteiger partial charge on any atom is 0.159 e. The van der Waals surface area contributed by atoms with Crippen molar-refractivity contribution >= 4 is 0 Å². The zero-order chi connectivity index (χ0) is 25.7. The molecule has 2 aliphatic carbocycles. The molecule has 0 bridgehead atoms. The van der Waals surface area contributed by atoms with Gasteiger partial charge in [-0.2, -0.15) is 0 Å². The molecule has 3 nitrogen and oxygen atoms in total. The fourth-order valence-corrected chi connectivity index (χ4v) is 6.59. The highest BCUT2D eigenvalue weighted by Crippen LogP contribution is 2.34. The molecule has 1 aromatic heterocycles. The molecule has 2 aliphatic rings. The molecule has 0 unspecified atom stereocenters. The quantitative estimate of drug-likeness (QED) is 0.240. The summed E-state index contributed by atoms with van der Waals surface area (Å²) in [5.74, 6) is 5.35. The van der Waals surface area contributed by atoms with Crippen LogP contribution in [0.3, 0.4) is 0 Å². The Morgan fingerprint density at radius 1 is 0.649 bits per heavy atom. The third kappa shape index (κ3) is 9.41. The Labute approximate surface area is 227 Å². The summed E-state index contributed by atoms with van der Waals surface area (Å²) in [6, 6.07) is 8.37. The lowest BCUT2D eigenvalue weighted by molar-refractivity contribution is 0.177. The molecule has 0 N–H and O–H groups in total. The minimum absolute atomic E-state index is 0.717. The third-order valence-electron chi connectivity index (χ3n) is 9.26. The van der Waals surface area contributed by atoms with Gasteiger partial charge in [-0.15, -0.1) is 0 Å². The van der Waals surface area contributed by atoms with Crippen LogP contribution in [0.2, 0.25) is 0 Å². The summed E-state index contributed by atoms with van der Waals surface area (Å²) in [4.78, 5) is 9.38. The Morgan fingerprint density at radius 2 is 1.19 bits per heavy atom. The molecule has 2 aromatic rings. The molecule has 3 heteroatoms. The topological polar surface area (TPSA) is 35.0 Å². The van der Waals surface area contributed by atoms with Gasteiger partial charge in [-0.25, -0.2) is 9.97 Å². The lowest BCUT2D eigenvalue weighted by Gasteiger charge is -2.28. The minimum Gasteiger partial charge on any atom is -0.493 e. The van der Waals surface area contributed by atoms with E-state index < -0.39 is 0 Å². The lowest BCUT2D eigenvalue weighted by Crippen LogP contribution is -2.20. The number of ether oxygens (including phenoxy) is 1. The van der Waals surface area contributed by atoms with Gasteiger partial charge in [0.15, 0.2) is 5.82 Å². The first-order valence-electron chi connectivity index (χ1n) is 15.8. The Balaban J connectivity index is 1.15. The van der Waals surface area contributed by atoms with Crippen LogP contribution in [0.25, 0.3) is 11.4 Å². The molecule has 37 heavy (non-hydrogen) atoms. The van der Waals surface area contributed by atoms with Crippen molar-refractivity contribution in [2.75, 3.05) is 6.61 Å². The summed E-state index contributed by atoms with van der Waals surface area (Å²) in [6.45, 7) is 5.46. The molecule has 0 atom stereocenters. The molecule has 0 spiro atoms. The average molecular weight is 505 g/mol. The average Bonchev–Trinajstić information content (AvgIpc) is 2.96. The highest BCUT2D eigenvalue weighted by Gasteiger charge is 2.22. The maximum atomic E-state index is 6.16. The van der Waals surface area contributed by atoms with Crippen LogP contribution in [0.5, 0.6) is 5.75 Å². The SMILES string of the molecule is CCCCC[C@H]1CC[C@H](COc2ccc(-c3ncc(CC[C@H]4CC[C@H](CCCC)CC4)cn3)cc2)CC1. The van der Waals surface area contributed by atoms with Crippen molar-refractivity contribution in [3.05, 3.63) is 42.2 Å². The zero-order valence-electron chi connectivity index (χ0n) is 23.8. The summed E-state index contributed by atoms with van der Waals surface area (Å²) >= 11 is 0. The Bertz CT molecular complexity index is 862.